The van der Waals surface area contributed by atoms with Crippen molar-refractivity contribution in [3.8, 4) is 0 Å². The highest BCUT2D eigenvalue weighted by Crippen LogP contribution is 2.29. The number of benzene rings is 2. The fourth-order valence-electron chi connectivity index (χ4n) is 2.46. The van der Waals surface area contributed by atoms with Crippen LogP contribution in [-0.2, 0) is 0 Å². The van der Waals surface area contributed by atoms with Crippen molar-refractivity contribution in [1.82, 2.24) is 0 Å². The number of hydrogen-bond acceptors (Lipinski definition) is 1. The van der Waals surface area contributed by atoms with Gasteiger partial charge < -0.3 is 5.11 Å². The Kier molecular flexibility index (Phi) is 7.35. The lowest BCUT2D eigenvalue weighted by atomic mass is 9.86. The number of aliphatic hydroxyl groups is 1. The summed E-state index contributed by atoms with van der Waals surface area (Å²) in [6, 6.07) is 21.1. The third kappa shape index (κ3) is 4.66. The maximum absolute atomic E-state index is 9.80. The summed E-state index contributed by atoms with van der Waals surface area (Å²) in [6.07, 6.45) is 2.49. The molecule has 2 aromatic rings. The summed E-state index contributed by atoms with van der Waals surface area (Å²) in [5.74, 6) is 0.378. The van der Waals surface area contributed by atoms with Gasteiger partial charge in [-0.1, -0.05) is 67.6 Å². The van der Waals surface area contributed by atoms with Gasteiger partial charge in [-0.3, -0.25) is 0 Å². The SMILES string of the molecule is CCC(O)CCC(c1ccccc1)c1ccccc1.Cl. The fraction of sp³-hybridized carbons (Fsp3) is 0.333. The molecule has 0 aliphatic carbocycles. The van der Waals surface area contributed by atoms with Crippen LogP contribution in [0.5, 0.6) is 0 Å². The molecule has 1 N–H and O–H groups in total. The van der Waals surface area contributed by atoms with Gasteiger partial charge in [-0.15, -0.1) is 12.4 Å². The van der Waals surface area contributed by atoms with E-state index in [1.807, 2.05) is 19.1 Å². The van der Waals surface area contributed by atoms with Crippen LogP contribution in [0.4, 0.5) is 0 Å². The Morgan fingerprint density at radius 3 is 1.65 bits per heavy atom. The molecule has 0 saturated heterocycles. The van der Waals surface area contributed by atoms with Gasteiger partial charge in [-0.05, 0) is 30.4 Å². The molecule has 0 bridgehead atoms. The van der Waals surface area contributed by atoms with E-state index in [1.54, 1.807) is 0 Å². The van der Waals surface area contributed by atoms with Crippen LogP contribution in [-0.4, -0.2) is 11.2 Å². The quantitative estimate of drug-likeness (QED) is 0.811. The average molecular weight is 291 g/mol. The third-order valence-electron chi connectivity index (χ3n) is 3.66. The van der Waals surface area contributed by atoms with Crippen LogP contribution in [0.25, 0.3) is 0 Å². The first-order valence-electron chi connectivity index (χ1n) is 7.09. The predicted octanol–water partition coefficient (Wildman–Crippen LogP) is 4.79. The van der Waals surface area contributed by atoms with Gasteiger partial charge in [0.05, 0.1) is 6.10 Å². The Balaban J connectivity index is 0.00000200. The topological polar surface area (TPSA) is 20.2 Å². The van der Waals surface area contributed by atoms with Crippen molar-refractivity contribution in [2.24, 2.45) is 0 Å². The maximum atomic E-state index is 9.80. The molecule has 0 amide bonds. The highest BCUT2D eigenvalue weighted by Gasteiger charge is 2.15. The summed E-state index contributed by atoms with van der Waals surface area (Å²) in [7, 11) is 0. The van der Waals surface area contributed by atoms with E-state index in [9.17, 15) is 5.11 Å². The molecule has 1 atom stereocenters. The van der Waals surface area contributed by atoms with E-state index in [0.717, 1.165) is 19.3 Å². The van der Waals surface area contributed by atoms with Gasteiger partial charge in [0.15, 0.2) is 0 Å². The predicted molar refractivity (Wildman–Crippen MR) is 87.5 cm³/mol. The van der Waals surface area contributed by atoms with E-state index in [4.69, 9.17) is 0 Å². The van der Waals surface area contributed by atoms with E-state index >= 15 is 0 Å². The largest absolute Gasteiger partial charge is 0.393 e. The smallest absolute Gasteiger partial charge is 0.0538 e. The lowest BCUT2D eigenvalue weighted by molar-refractivity contribution is 0.156. The van der Waals surface area contributed by atoms with Gasteiger partial charge in [0, 0.05) is 5.92 Å². The van der Waals surface area contributed by atoms with E-state index in [-0.39, 0.29) is 18.5 Å². The van der Waals surface area contributed by atoms with Crippen molar-refractivity contribution < 1.29 is 5.11 Å². The molecule has 0 aliphatic heterocycles. The highest BCUT2D eigenvalue weighted by atomic mass is 35.5. The molecular formula is C18H23ClO. The zero-order valence-corrected chi connectivity index (χ0v) is 12.7. The molecule has 0 saturated carbocycles. The third-order valence-corrected chi connectivity index (χ3v) is 3.66. The lowest BCUT2D eigenvalue weighted by Gasteiger charge is -2.19. The molecule has 0 fully saturated rings. The fourth-order valence-corrected chi connectivity index (χ4v) is 2.46. The van der Waals surface area contributed by atoms with Crippen LogP contribution < -0.4 is 0 Å². The molecule has 2 heteroatoms. The van der Waals surface area contributed by atoms with Gasteiger partial charge in [-0.25, -0.2) is 0 Å². The molecule has 2 aromatic carbocycles. The van der Waals surface area contributed by atoms with Crippen LogP contribution in [0.3, 0.4) is 0 Å². The zero-order valence-electron chi connectivity index (χ0n) is 11.9. The van der Waals surface area contributed by atoms with E-state index in [2.05, 4.69) is 48.5 Å². The molecule has 0 radical (unpaired) electrons. The Bertz CT molecular complexity index is 430. The highest BCUT2D eigenvalue weighted by molar-refractivity contribution is 5.85. The molecule has 2 rings (SSSR count). The number of halogens is 1. The summed E-state index contributed by atoms with van der Waals surface area (Å²) < 4.78 is 0. The Hall–Kier alpha value is -1.31. The molecular weight excluding hydrogens is 268 g/mol. The van der Waals surface area contributed by atoms with Crippen LogP contribution >= 0.6 is 12.4 Å². The molecule has 1 nitrogen and oxygen atoms in total. The molecule has 1 unspecified atom stereocenters. The van der Waals surface area contributed by atoms with Gasteiger partial charge in [-0.2, -0.15) is 0 Å². The second-order valence-electron chi connectivity index (χ2n) is 5.01. The second-order valence-corrected chi connectivity index (χ2v) is 5.01. The van der Waals surface area contributed by atoms with Crippen molar-refractivity contribution in [2.75, 3.05) is 0 Å². The van der Waals surface area contributed by atoms with Crippen molar-refractivity contribution >= 4 is 12.4 Å². The molecule has 20 heavy (non-hydrogen) atoms. The van der Waals surface area contributed by atoms with Gasteiger partial charge in [0.2, 0.25) is 0 Å². The standard InChI is InChI=1S/C18H22O.ClH/c1-2-17(19)13-14-18(15-9-5-3-6-10-15)16-11-7-4-8-12-16;/h3-12,17-19H,2,13-14H2,1H3;1H. The summed E-state index contributed by atoms with van der Waals surface area (Å²) in [6.45, 7) is 2.03. The number of rotatable bonds is 6. The van der Waals surface area contributed by atoms with Crippen LogP contribution in [0, 0.1) is 0 Å². The summed E-state index contributed by atoms with van der Waals surface area (Å²) in [5.41, 5.74) is 2.66. The van der Waals surface area contributed by atoms with E-state index in [0.29, 0.717) is 5.92 Å². The number of hydrogen-bond donors (Lipinski definition) is 1. The van der Waals surface area contributed by atoms with Crippen LogP contribution in [0.1, 0.15) is 43.2 Å². The van der Waals surface area contributed by atoms with Gasteiger partial charge >= 0.3 is 0 Å². The first-order valence-corrected chi connectivity index (χ1v) is 7.09. The molecule has 0 heterocycles. The average Bonchev–Trinajstić information content (AvgIpc) is 2.49. The molecule has 0 spiro atoms. The Morgan fingerprint density at radius 2 is 1.25 bits per heavy atom. The zero-order chi connectivity index (χ0) is 13.5. The summed E-state index contributed by atoms with van der Waals surface area (Å²) in [5, 5.41) is 9.80. The first kappa shape index (κ1) is 16.7. The molecule has 108 valence electrons. The minimum absolute atomic E-state index is 0. The Morgan fingerprint density at radius 1 is 0.800 bits per heavy atom. The minimum atomic E-state index is -0.185. The van der Waals surface area contributed by atoms with Gasteiger partial charge in [0.1, 0.15) is 0 Å². The van der Waals surface area contributed by atoms with Crippen molar-refractivity contribution in [2.45, 2.75) is 38.2 Å². The Labute approximate surface area is 128 Å². The van der Waals surface area contributed by atoms with Crippen molar-refractivity contribution in [3.63, 3.8) is 0 Å². The van der Waals surface area contributed by atoms with Gasteiger partial charge in [0.25, 0.3) is 0 Å². The van der Waals surface area contributed by atoms with E-state index < -0.39 is 0 Å². The van der Waals surface area contributed by atoms with Crippen LogP contribution in [0.2, 0.25) is 0 Å². The van der Waals surface area contributed by atoms with Crippen LogP contribution in [0.15, 0.2) is 60.7 Å². The minimum Gasteiger partial charge on any atom is -0.393 e. The lowest BCUT2D eigenvalue weighted by Crippen LogP contribution is -2.09. The first-order chi connectivity index (χ1) is 9.31. The van der Waals surface area contributed by atoms with E-state index in [1.165, 1.54) is 11.1 Å². The summed E-state index contributed by atoms with van der Waals surface area (Å²) >= 11 is 0. The molecule has 0 aromatic heterocycles. The number of aliphatic hydroxyl groups excluding tert-OH is 1. The van der Waals surface area contributed by atoms with Crippen molar-refractivity contribution in [1.29, 1.82) is 0 Å². The normalized spacial score (nSPS) is 11.9. The molecule has 0 aliphatic rings. The maximum Gasteiger partial charge on any atom is 0.0538 e. The second kappa shape index (κ2) is 8.78. The monoisotopic (exact) mass is 290 g/mol. The summed E-state index contributed by atoms with van der Waals surface area (Å²) in [4.78, 5) is 0. The van der Waals surface area contributed by atoms with Crippen molar-refractivity contribution in [3.05, 3.63) is 71.8 Å².